The van der Waals surface area contributed by atoms with Crippen LogP contribution in [0.5, 0.6) is 17.2 Å². The van der Waals surface area contributed by atoms with E-state index in [4.69, 9.17) is 14.2 Å². The number of para-hydroxylation sites is 1. The highest BCUT2D eigenvalue weighted by atomic mass is 16.5. The van der Waals surface area contributed by atoms with Crippen molar-refractivity contribution < 1.29 is 23.8 Å². The zero-order valence-electron chi connectivity index (χ0n) is 14.9. The zero-order valence-corrected chi connectivity index (χ0v) is 14.9. The maximum Gasteiger partial charge on any atom is 0.264 e. The minimum atomic E-state index is -0.200. The molecule has 2 aromatic carbocycles. The lowest BCUT2D eigenvalue weighted by Crippen LogP contribution is -2.35. The molecule has 136 valence electrons. The minimum Gasteiger partial charge on any atom is -0.493 e. The molecule has 0 spiro atoms. The summed E-state index contributed by atoms with van der Waals surface area (Å²) in [7, 11) is 4.79. The standard InChI is InChI=1S/C19H20N2O5/c1-21-14-6-4-5-13(19(14)26-11-18(21)23)20-17(22)10-12-7-8-15(24-2)16(9-12)25-3/h4-9H,10-11H2,1-3H3,(H,20,22). The average molecular weight is 356 g/mol. The smallest absolute Gasteiger partial charge is 0.264 e. The molecule has 1 aliphatic rings. The van der Waals surface area contributed by atoms with Crippen LogP contribution in [-0.4, -0.2) is 39.7 Å². The molecule has 0 radical (unpaired) electrons. The summed E-state index contributed by atoms with van der Waals surface area (Å²) in [6.45, 7) is -0.0495. The lowest BCUT2D eigenvalue weighted by atomic mass is 10.1. The molecule has 26 heavy (non-hydrogen) atoms. The number of ether oxygens (including phenoxy) is 3. The molecule has 0 saturated heterocycles. The Hall–Kier alpha value is -3.22. The number of fused-ring (bicyclic) bond motifs is 1. The van der Waals surface area contributed by atoms with Crippen molar-refractivity contribution in [1.29, 1.82) is 0 Å². The molecular weight excluding hydrogens is 336 g/mol. The Balaban J connectivity index is 1.76. The van der Waals surface area contributed by atoms with Gasteiger partial charge >= 0.3 is 0 Å². The van der Waals surface area contributed by atoms with Crippen molar-refractivity contribution in [2.24, 2.45) is 0 Å². The first-order valence-electron chi connectivity index (χ1n) is 8.06. The molecule has 0 saturated carbocycles. The van der Waals surface area contributed by atoms with Gasteiger partial charge in [0.25, 0.3) is 5.91 Å². The maximum atomic E-state index is 12.4. The number of nitrogens with zero attached hydrogens (tertiary/aromatic N) is 1. The molecule has 0 unspecified atom stereocenters. The van der Waals surface area contributed by atoms with Gasteiger partial charge in [-0.2, -0.15) is 0 Å². The fourth-order valence-electron chi connectivity index (χ4n) is 2.77. The van der Waals surface area contributed by atoms with Crippen LogP contribution >= 0.6 is 0 Å². The summed E-state index contributed by atoms with van der Waals surface area (Å²) in [6.07, 6.45) is 0.165. The van der Waals surface area contributed by atoms with Crippen LogP contribution in [0.25, 0.3) is 0 Å². The van der Waals surface area contributed by atoms with Gasteiger partial charge in [-0.05, 0) is 29.8 Å². The van der Waals surface area contributed by atoms with E-state index in [1.54, 1.807) is 51.6 Å². The van der Waals surface area contributed by atoms with Gasteiger partial charge in [-0.15, -0.1) is 0 Å². The van der Waals surface area contributed by atoms with Crippen molar-refractivity contribution in [2.45, 2.75) is 6.42 Å². The molecule has 7 nitrogen and oxygen atoms in total. The molecule has 0 atom stereocenters. The van der Waals surface area contributed by atoms with Gasteiger partial charge in [0.1, 0.15) is 0 Å². The van der Waals surface area contributed by atoms with E-state index >= 15 is 0 Å². The number of carbonyl (C=O) groups excluding carboxylic acids is 2. The largest absolute Gasteiger partial charge is 0.493 e. The molecule has 7 heteroatoms. The molecule has 3 rings (SSSR count). The van der Waals surface area contributed by atoms with Crippen LogP contribution < -0.4 is 24.4 Å². The number of nitrogens with one attached hydrogen (secondary N) is 1. The summed E-state index contributed by atoms with van der Waals surface area (Å²) < 4.78 is 16.0. The maximum absolute atomic E-state index is 12.4. The van der Waals surface area contributed by atoms with Crippen LogP contribution in [0.4, 0.5) is 11.4 Å². The first-order valence-corrected chi connectivity index (χ1v) is 8.06. The SMILES string of the molecule is COc1ccc(CC(=O)Nc2cccc3c2OCC(=O)N3C)cc1OC. The second kappa shape index (κ2) is 7.35. The minimum absolute atomic E-state index is 0.0495. The highest BCUT2D eigenvalue weighted by Gasteiger charge is 2.25. The first kappa shape index (κ1) is 17.6. The van der Waals surface area contributed by atoms with Gasteiger partial charge < -0.3 is 24.4 Å². The normalized spacial score (nSPS) is 12.9. The topological polar surface area (TPSA) is 77.1 Å². The Kier molecular flexibility index (Phi) is 4.97. The molecule has 1 heterocycles. The summed E-state index contributed by atoms with van der Waals surface area (Å²) in [6, 6.07) is 10.6. The van der Waals surface area contributed by atoms with Crippen molar-refractivity contribution in [3.05, 3.63) is 42.0 Å². The van der Waals surface area contributed by atoms with Crippen molar-refractivity contribution in [2.75, 3.05) is 38.1 Å². The zero-order chi connectivity index (χ0) is 18.7. The molecule has 2 aromatic rings. The van der Waals surface area contributed by atoms with E-state index in [1.807, 2.05) is 6.07 Å². The highest BCUT2D eigenvalue weighted by molar-refractivity contribution is 6.01. The number of amides is 2. The Morgan fingerprint density at radius 3 is 2.69 bits per heavy atom. The summed E-state index contributed by atoms with van der Waals surface area (Å²) in [5.41, 5.74) is 1.95. The van der Waals surface area contributed by atoms with E-state index in [2.05, 4.69) is 5.32 Å². The summed E-state index contributed by atoms with van der Waals surface area (Å²) in [5, 5.41) is 2.85. The van der Waals surface area contributed by atoms with E-state index < -0.39 is 0 Å². The van der Waals surface area contributed by atoms with Gasteiger partial charge in [-0.25, -0.2) is 0 Å². The Morgan fingerprint density at radius 1 is 1.19 bits per heavy atom. The number of hydrogen-bond acceptors (Lipinski definition) is 5. The molecule has 2 amide bonds. The van der Waals surface area contributed by atoms with Crippen LogP contribution in [0.3, 0.4) is 0 Å². The van der Waals surface area contributed by atoms with Crippen molar-refractivity contribution in [3.8, 4) is 17.2 Å². The second-order valence-corrected chi connectivity index (χ2v) is 5.81. The number of hydrogen-bond donors (Lipinski definition) is 1. The predicted molar refractivity (Wildman–Crippen MR) is 97.2 cm³/mol. The van der Waals surface area contributed by atoms with E-state index in [0.717, 1.165) is 5.56 Å². The number of carbonyl (C=O) groups is 2. The Bertz CT molecular complexity index is 850. The van der Waals surface area contributed by atoms with Crippen LogP contribution in [0, 0.1) is 0 Å². The third kappa shape index (κ3) is 3.42. The summed E-state index contributed by atoms with van der Waals surface area (Å²) >= 11 is 0. The van der Waals surface area contributed by atoms with E-state index in [0.29, 0.717) is 28.6 Å². The average Bonchev–Trinajstić information content (AvgIpc) is 2.65. The first-order chi connectivity index (χ1) is 12.5. The Labute approximate surface area is 151 Å². The lowest BCUT2D eigenvalue weighted by Gasteiger charge is -2.27. The third-order valence-electron chi connectivity index (χ3n) is 4.16. The van der Waals surface area contributed by atoms with Gasteiger partial charge in [0.2, 0.25) is 5.91 Å². The number of benzene rings is 2. The molecule has 1 aliphatic heterocycles. The van der Waals surface area contributed by atoms with Crippen LogP contribution in [0.15, 0.2) is 36.4 Å². The molecule has 0 bridgehead atoms. The highest BCUT2D eigenvalue weighted by Crippen LogP contribution is 2.38. The summed E-state index contributed by atoms with van der Waals surface area (Å²) in [5.74, 6) is 1.34. The van der Waals surface area contributed by atoms with Gasteiger partial charge in [0.05, 0.1) is 32.0 Å². The van der Waals surface area contributed by atoms with Crippen LogP contribution in [0.2, 0.25) is 0 Å². The van der Waals surface area contributed by atoms with Gasteiger partial charge in [0, 0.05) is 7.05 Å². The van der Waals surface area contributed by atoms with Crippen molar-refractivity contribution in [3.63, 3.8) is 0 Å². The van der Waals surface area contributed by atoms with E-state index in [-0.39, 0.29) is 24.8 Å². The monoisotopic (exact) mass is 356 g/mol. The van der Waals surface area contributed by atoms with E-state index in [1.165, 1.54) is 4.90 Å². The third-order valence-corrected chi connectivity index (χ3v) is 4.16. The molecule has 1 N–H and O–H groups in total. The van der Waals surface area contributed by atoms with Gasteiger partial charge in [0.15, 0.2) is 23.9 Å². The van der Waals surface area contributed by atoms with Gasteiger partial charge in [-0.1, -0.05) is 12.1 Å². The fourth-order valence-corrected chi connectivity index (χ4v) is 2.77. The molecule has 0 fully saturated rings. The Morgan fingerprint density at radius 2 is 1.96 bits per heavy atom. The van der Waals surface area contributed by atoms with Crippen LogP contribution in [-0.2, 0) is 16.0 Å². The van der Waals surface area contributed by atoms with Crippen LogP contribution in [0.1, 0.15) is 5.56 Å². The number of likely N-dealkylation sites (N-methyl/N-ethyl adjacent to an activating group) is 1. The van der Waals surface area contributed by atoms with Gasteiger partial charge in [-0.3, -0.25) is 9.59 Å². The predicted octanol–water partition coefficient (Wildman–Crippen LogP) is 2.24. The van der Waals surface area contributed by atoms with E-state index in [9.17, 15) is 9.59 Å². The number of anilines is 2. The summed E-state index contributed by atoms with van der Waals surface area (Å²) in [4.78, 5) is 25.7. The molecular formula is C19H20N2O5. The lowest BCUT2D eigenvalue weighted by molar-refractivity contribution is -0.121. The number of methoxy groups -OCH3 is 2. The van der Waals surface area contributed by atoms with Crippen molar-refractivity contribution >= 4 is 23.2 Å². The van der Waals surface area contributed by atoms with Crippen molar-refractivity contribution in [1.82, 2.24) is 0 Å². The second-order valence-electron chi connectivity index (χ2n) is 5.81. The molecule has 0 aliphatic carbocycles. The quantitative estimate of drug-likeness (QED) is 0.889. The fraction of sp³-hybridized carbons (Fsp3) is 0.263. The molecule has 0 aromatic heterocycles. The number of rotatable bonds is 5.